The number of aliphatic carboxylic acids is 1. The third-order valence-corrected chi connectivity index (χ3v) is 5.06. The van der Waals surface area contributed by atoms with Gasteiger partial charge in [0.25, 0.3) is 0 Å². The largest absolute Gasteiger partial charge is 0.496 e. The van der Waals surface area contributed by atoms with Gasteiger partial charge in [0.1, 0.15) is 17.5 Å². The van der Waals surface area contributed by atoms with E-state index in [1.165, 1.54) is 4.90 Å². The van der Waals surface area contributed by atoms with Gasteiger partial charge >= 0.3 is 17.8 Å². The summed E-state index contributed by atoms with van der Waals surface area (Å²) in [6.07, 6.45) is 0.159. The van der Waals surface area contributed by atoms with Crippen LogP contribution >= 0.6 is 0 Å². The van der Waals surface area contributed by atoms with Crippen molar-refractivity contribution in [1.82, 2.24) is 19.9 Å². The van der Waals surface area contributed by atoms with Gasteiger partial charge in [0.15, 0.2) is 0 Å². The Hall–Kier alpha value is -4.61. The van der Waals surface area contributed by atoms with Gasteiger partial charge in [0, 0.05) is 27.1 Å². The Kier molecular flexibility index (Phi) is 8.81. The van der Waals surface area contributed by atoms with Crippen LogP contribution in [0.2, 0.25) is 0 Å². The summed E-state index contributed by atoms with van der Waals surface area (Å²) < 4.78 is 10.5. The smallest absolute Gasteiger partial charge is 0.414 e. The van der Waals surface area contributed by atoms with Gasteiger partial charge < -0.3 is 30.1 Å². The van der Waals surface area contributed by atoms with Crippen molar-refractivity contribution in [3.8, 4) is 11.5 Å². The minimum absolute atomic E-state index is 0.0734. The average molecular weight is 497 g/mol. The van der Waals surface area contributed by atoms with Crippen molar-refractivity contribution < 1.29 is 24.2 Å². The zero-order valence-electron chi connectivity index (χ0n) is 20.1. The summed E-state index contributed by atoms with van der Waals surface area (Å²) in [6.45, 7) is 0.444. The van der Waals surface area contributed by atoms with Crippen LogP contribution < -0.4 is 25.8 Å². The van der Waals surface area contributed by atoms with Crippen molar-refractivity contribution in [2.45, 2.75) is 18.9 Å². The van der Waals surface area contributed by atoms with Gasteiger partial charge in [-0.25, -0.2) is 14.4 Å². The number of carboxylic acids is 1. The Morgan fingerprint density at radius 1 is 1.11 bits per heavy atom. The fraction of sp³-hybridized carbons (Fsp3) is 0.292. The molecule has 190 valence electrons. The summed E-state index contributed by atoms with van der Waals surface area (Å²) in [4.78, 5) is 47.2. The van der Waals surface area contributed by atoms with Crippen LogP contribution in [0.5, 0.6) is 11.5 Å². The van der Waals surface area contributed by atoms with E-state index >= 15 is 0 Å². The Bertz CT molecular complexity index is 1240. The molecule has 2 aromatic carbocycles. The number of hydrogen-bond acceptors (Lipinski definition) is 9. The molecule has 0 spiro atoms. The molecule has 0 aliphatic carbocycles. The lowest BCUT2D eigenvalue weighted by Gasteiger charge is -2.15. The molecule has 36 heavy (non-hydrogen) atoms. The second-order valence-corrected chi connectivity index (χ2v) is 7.96. The summed E-state index contributed by atoms with van der Waals surface area (Å²) in [5, 5.41) is 15.4. The summed E-state index contributed by atoms with van der Waals surface area (Å²) in [5.74, 6) is -0.0242. The zero-order valence-corrected chi connectivity index (χ0v) is 20.1. The first-order chi connectivity index (χ1) is 17.2. The number of rotatable bonds is 11. The van der Waals surface area contributed by atoms with Crippen molar-refractivity contribution >= 4 is 24.0 Å². The molecule has 0 fully saturated rings. The first kappa shape index (κ1) is 26.0. The Morgan fingerprint density at radius 3 is 2.50 bits per heavy atom. The molecule has 1 atom stereocenters. The number of amides is 1. The molecule has 12 heteroatoms. The SMILES string of the molecule is COc1ccccc1CCNc1nc(N[C@@H](Cc2ccc(OC(=O)N(C)C)cc2)C(=O)O)nc(=O)[nH]1. The number of para-hydroxylation sites is 1. The number of anilines is 2. The molecular formula is C24H28N6O6. The Morgan fingerprint density at radius 2 is 1.83 bits per heavy atom. The van der Waals surface area contributed by atoms with Crippen molar-refractivity contribution in [2.75, 3.05) is 38.4 Å². The Labute approximate surface area is 207 Å². The first-order valence-corrected chi connectivity index (χ1v) is 11.1. The maximum atomic E-state index is 12.0. The van der Waals surface area contributed by atoms with E-state index in [2.05, 4.69) is 25.6 Å². The number of aromatic amines is 1. The second kappa shape index (κ2) is 12.2. The molecule has 0 saturated heterocycles. The molecule has 3 aromatic rings. The second-order valence-electron chi connectivity index (χ2n) is 7.96. The number of hydrogen-bond donors (Lipinski definition) is 4. The van der Waals surface area contributed by atoms with Crippen LogP contribution in [0.15, 0.2) is 53.3 Å². The quantitative estimate of drug-likeness (QED) is 0.309. The molecule has 0 saturated carbocycles. The number of ether oxygens (including phenoxy) is 2. The molecule has 0 unspecified atom stereocenters. The zero-order chi connectivity index (χ0) is 26.1. The number of nitrogens with one attached hydrogen (secondary N) is 3. The maximum absolute atomic E-state index is 12.0. The number of carboxylic acid groups (broad SMARTS) is 1. The lowest BCUT2D eigenvalue weighted by molar-refractivity contribution is -0.137. The number of H-pyrrole nitrogens is 1. The normalized spacial score (nSPS) is 11.3. The van der Waals surface area contributed by atoms with Gasteiger partial charge in [-0.3, -0.25) is 4.98 Å². The number of nitrogens with zero attached hydrogens (tertiary/aromatic N) is 3. The fourth-order valence-corrected chi connectivity index (χ4v) is 3.23. The standard InChI is InChI=1S/C24H28N6O6/c1-30(2)24(34)36-17-10-8-15(9-11-17)14-18(20(31)32)26-22-27-21(28-23(33)29-22)25-13-12-16-6-4-5-7-19(16)35-3/h4-11,18H,12-14H2,1-3H3,(H,31,32)(H3,25,26,27,28,29,33)/t18-/m0/s1. The van der Waals surface area contributed by atoms with Crippen LogP contribution in [0, 0.1) is 0 Å². The van der Waals surface area contributed by atoms with E-state index in [1.54, 1.807) is 45.5 Å². The highest BCUT2D eigenvalue weighted by Gasteiger charge is 2.20. The van der Waals surface area contributed by atoms with E-state index in [9.17, 15) is 19.5 Å². The van der Waals surface area contributed by atoms with Crippen LogP contribution in [-0.2, 0) is 17.6 Å². The lowest BCUT2D eigenvalue weighted by Crippen LogP contribution is -2.33. The van der Waals surface area contributed by atoms with Gasteiger partial charge in [0.05, 0.1) is 7.11 Å². The number of aromatic nitrogens is 3. The van der Waals surface area contributed by atoms with E-state index < -0.39 is 23.8 Å². The van der Waals surface area contributed by atoms with Gasteiger partial charge in [-0.15, -0.1) is 0 Å². The van der Waals surface area contributed by atoms with Crippen molar-refractivity contribution in [3.63, 3.8) is 0 Å². The average Bonchev–Trinajstić information content (AvgIpc) is 2.84. The van der Waals surface area contributed by atoms with Crippen molar-refractivity contribution in [2.24, 2.45) is 0 Å². The maximum Gasteiger partial charge on any atom is 0.414 e. The third-order valence-electron chi connectivity index (χ3n) is 5.06. The summed E-state index contributed by atoms with van der Waals surface area (Å²) in [6, 6.07) is 12.9. The van der Waals surface area contributed by atoms with E-state index in [0.29, 0.717) is 24.3 Å². The van der Waals surface area contributed by atoms with E-state index in [1.807, 2.05) is 24.3 Å². The van der Waals surface area contributed by atoms with Crippen molar-refractivity contribution in [3.05, 3.63) is 70.1 Å². The fourth-order valence-electron chi connectivity index (χ4n) is 3.23. The van der Waals surface area contributed by atoms with Crippen LogP contribution in [-0.4, -0.2) is 70.8 Å². The predicted octanol–water partition coefficient (Wildman–Crippen LogP) is 2.00. The van der Waals surface area contributed by atoms with Gasteiger partial charge in [-0.1, -0.05) is 30.3 Å². The lowest BCUT2D eigenvalue weighted by atomic mass is 10.1. The molecule has 3 rings (SSSR count). The summed E-state index contributed by atoms with van der Waals surface area (Å²) >= 11 is 0. The summed E-state index contributed by atoms with van der Waals surface area (Å²) in [7, 11) is 4.73. The van der Waals surface area contributed by atoms with Gasteiger partial charge in [-0.05, 0) is 35.7 Å². The van der Waals surface area contributed by atoms with E-state index in [0.717, 1.165) is 11.3 Å². The molecule has 1 amide bonds. The Balaban J connectivity index is 1.64. The number of methoxy groups -OCH3 is 1. The third kappa shape index (κ3) is 7.45. The number of carbonyl (C=O) groups excluding carboxylic acids is 1. The van der Waals surface area contributed by atoms with Crippen LogP contribution in [0.3, 0.4) is 0 Å². The number of benzene rings is 2. The van der Waals surface area contributed by atoms with Gasteiger partial charge in [-0.2, -0.15) is 9.97 Å². The van der Waals surface area contributed by atoms with Crippen molar-refractivity contribution in [1.29, 1.82) is 0 Å². The molecular weight excluding hydrogens is 468 g/mol. The van der Waals surface area contributed by atoms with E-state index in [-0.39, 0.29) is 18.3 Å². The topological polar surface area (TPSA) is 159 Å². The molecule has 1 aromatic heterocycles. The number of carbonyl (C=O) groups is 2. The molecule has 1 heterocycles. The first-order valence-electron chi connectivity index (χ1n) is 11.1. The van der Waals surface area contributed by atoms with Crippen LogP contribution in [0.4, 0.5) is 16.7 Å². The minimum Gasteiger partial charge on any atom is -0.496 e. The summed E-state index contributed by atoms with van der Waals surface area (Å²) in [5.41, 5.74) is 0.971. The molecule has 0 aliphatic heterocycles. The minimum atomic E-state index is -1.15. The highest BCUT2D eigenvalue weighted by Crippen LogP contribution is 2.18. The highest BCUT2D eigenvalue weighted by molar-refractivity contribution is 5.77. The van der Waals surface area contributed by atoms with E-state index in [4.69, 9.17) is 9.47 Å². The van der Waals surface area contributed by atoms with Crippen LogP contribution in [0.1, 0.15) is 11.1 Å². The van der Waals surface area contributed by atoms with Gasteiger partial charge in [0.2, 0.25) is 11.9 Å². The van der Waals surface area contributed by atoms with Crippen LogP contribution in [0.25, 0.3) is 0 Å². The predicted molar refractivity (Wildman–Crippen MR) is 133 cm³/mol. The molecule has 0 radical (unpaired) electrons. The monoisotopic (exact) mass is 496 g/mol. The molecule has 12 nitrogen and oxygen atoms in total. The highest BCUT2D eigenvalue weighted by atomic mass is 16.6. The molecule has 4 N–H and O–H groups in total. The molecule has 0 aliphatic rings. The molecule has 0 bridgehead atoms.